The van der Waals surface area contributed by atoms with Crippen molar-refractivity contribution in [1.29, 1.82) is 0 Å². The van der Waals surface area contributed by atoms with Crippen LogP contribution in [0.2, 0.25) is 0 Å². The highest BCUT2D eigenvalue weighted by Crippen LogP contribution is 2.23. The van der Waals surface area contributed by atoms with Crippen molar-refractivity contribution in [2.75, 3.05) is 13.6 Å². The molecule has 110 valence electrons. The van der Waals surface area contributed by atoms with E-state index in [0.29, 0.717) is 5.92 Å². The number of likely N-dealkylation sites (N-methyl/N-ethyl adjacent to an activating group) is 1. The number of hydrogen-bond donors (Lipinski definition) is 2. The zero-order valence-electron chi connectivity index (χ0n) is 13.0. The van der Waals surface area contributed by atoms with Gasteiger partial charge in [-0.15, -0.1) is 5.73 Å². The molecule has 0 radical (unpaired) electrons. The first-order chi connectivity index (χ1) is 9.67. The van der Waals surface area contributed by atoms with Gasteiger partial charge in [-0.1, -0.05) is 25.7 Å². The van der Waals surface area contributed by atoms with Crippen LogP contribution in [0.5, 0.6) is 0 Å². The number of nitrogens with one attached hydrogen (secondary N) is 2. The zero-order valence-corrected chi connectivity index (χ0v) is 13.0. The van der Waals surface area contributed by atoms with Crippen molar-refractivity contribution in [3.8, 4) is 0 Å². The Balaban J connectivity index is 2.30. The number of rotatable bonds is 9. The fraction of sp³-hybridized carbons (Fsp3) is 0.500. The lowest BCUT2D eigenvalue weighted by Crippen LogP contribution is -2.20. The Morgan fingerprint density at radius 2 is 2.40 bits per heavy atom. The van der Waals surface area contributed by atoms with Gasteiger partial charge in [0.1, 0.15) is 0 Å². The molecule has 1 rings (SSSR count). The predicted molar refractivity (Wildman–Crippen MR) is 88.3 cm³/mol. The summed E-state index contributed by atoms with van der Waals surface area (Å²) in [7, 11) is 1.95. The first-order valence-corrected chi connectivity index (χ1v) is 7.50. The molecular weight excluding hydrogens is 244 g/mol. The second-order valence-corrected chi connectivity index (χ2v) is 5.43. The predicted octanol–water partition coefficient (Wildman–Crippen LogP) is 4.06. The summed E-state index contributed by atoms with van der Waals surface area (Å²) >= 11 is 0. The molecule has 0 fully saturated rings. The van der Waals surface area contributed by atoms with Crippen molar-refractivity contribution in [2.45, 2.75) is 39.0 Å². The minimum atomic E-state index is 0.590. The third kappa shape index (κ3) is 5.99. The number of dihydropyridines is 1. The molecule has 0 saturated heterocycles. The van der Waals surface area contributed by atoms with Gasteiger partial charge >= 0.3 is 0 Å². The van der Waals surface area contributed by atoms with E-state index in [0.717, 1.165) is 37.9 Å². The van der Waals surface area contributed by atoms with Crippen molar-refractivity contribution in [2.24, 2.45) is 5.92 Å². The first-order valence-electron chi connectivity index (χ1n) is 7.50. The van der Waals surface area contributed by atoms with Gasteiger partial charge in [0.2, 0.25) is 0 Å². The van der Waals surface area contributed by atoms with Crippen LogP contribution in [0.1, 0.15) is 39.0 Å². The molecule has 0 aromatic rings. The highest BCUT2D eigenvalue weighted by molar-refractivity contribution is 5.26. The Hall–Kier alpha value is -1.66. The van der Waals surface area contributed by atoms with E-state index >= 15 is 0 Å². The van der Waals surface area contributed by atoms with Gasteiger partial charge in [0.15, 0.2) is 0 Å². The SMILES string of the molecule is C=C=CCCCC(=C)C(C)CCC1=CC(NC)=CNC1. The lowest BCUT2D eigenvalue weighted by molar-refractivity contribution is 0.574. The fourth-order valence-corrected chi connectivity index (χ4v) is 2.30. The standard InChI is InChI=1S/C18H28N2/c1-5-6-7-8-9-15(2)16(3)10-11-17-12-18(19-4)14-20-13-17/h6,12,14,16,19-20H,1-2,7-11,13H2,3-4H3. The highest BCUT2D eigenvalue weighted by Gasteiger charge is 2.09. The number of unbranched alkanes of at least 4 members (excludes halogenated alkanes) is 1. The Morgan fingerprint density at radius 1 is 1.60 bits per heavy atom. The summed E-state index contributed by atoms with van der Waals surface area (Å²) in [6, 6.07) is 0. The molecule has 1 unspecified atom stereocenters. The van der Waals surface area contributed by atoms with E-state index in [-0.39, 0.29) is 0 Å². The number of hydrogen-bond acceptors (Lipinski definition) is 2. The van der Waals surface area contributed by atoms with Gasteiger partial charge in [0.05, 0.1) is 0 Å². The molecular formula is C18H28N2. The van der Waals surface area contributed by atoms with Gasteiger partial charge < -0.3 is 10.6 Å². The second-order valence-electron chi connectivity index (χ2n) is 5.43. The van der Waals surface area contributed by atoms with Gasteiger partial charge in [-0.3, -0.25) is 0 Å². The molecule has 1 aliphatic rings. The van der Waals surface area contributed by atoms with Gasteiger partial charge in [-0.25, -0.2) is 0 Å². The summed E-state index contributed by atoms with van der Waals surface area (Å²) < 4.78 is 0. The average molecular weight is 272 g/mol. The molecule has 0 saturated carbocycles. The summed E-state index contributed by atoms with van der Waals surface area (Å²) in [4.78, 5) is 0. The number of allylic oxidation sites excluding steroid dienone is 3. The minimum absolute atomic E-state index is 0.590. The molecule has 0 aromatic heterocycles. The monoisotopic (exact) mass is 272 g/mol. The Morgan fingerprint density at radius 3 is 3.10 bits per heavy atom. The topological polar surface area (TPSA) is 24.1 Å². The van der Waals surface area contributed by atoms with Crippen LogP contribution in [0.25, 0.3) is 0 Å². The molecule has 2 nitrogen and oxygen atoms in total. The second kappa shape index (κ2) is 9.28. The third-order valence-corrected chi connectivity index (χ3v) is 3.82. The van der Waals surface area contributed by atoms with Gasteiger partial charge in [0.25, 0.3) is 0 Å². The van der Waals surface area contributed by atoms with E-state index in [1.165, 1.54) is 17.6 Å². The van der Waals surface area contributed by atoms with Crippen LogP contribution >= 0.6 is 0 Å². The quantitative estimate of drug-likeness (QED) is 0.376. The molecule has 0 aromatic carbocycles. The highest BCUT2D eigenvalue weighted by atomic mass is 14.9. The van der Waals surface area contributed by atoms with Crippen LogP contribution in [0.4, 0.5) is 0 Å². The Bertz CT molecular complexity index is 423. The molecule has 0 spiro atoms. The average Bonchev–Trinajstić information content (AvgIpc) is 2.49. The molecule has 0 aliphatic carbocycles. The molecule has 1 atom stereocenters. The first kappa shape index (κ1) is 16.4. The Labute approximate surface area is 124 Å². The van der Waals surface area contributed by atoms with Crippen LogP contribution in [0.15, 0.2) is 54.1 Å². The molecule has 1 aliphatic heterocycles. The molecule has 2 heteroatoms. The maximum absolute atomic E-state index is 4.24. The molecule has 0 amide bonds. The van der Waals surface area contributed by atoms with Crippen molar-refractivity contribution in [3.05, 3.63) is 54.1 Å². The molecule has 1 heterocycles. The molecule has 20 heavy (non-hydrogen) atoms. The van der Waals surface area contributed by atoms with Crippen molar-refractivity contribution in [3.63, 3.8) is 0 Å². The van der Waals surface area contributed by atoms with Crippen LogP contribution in [0, 0.1) is 5.92 Å². The van der Waals surface area contributed by atoms with Crippen LogP contribution < -0.4 is 10.6 Å². The van der Waals surface area contributed by atoms with Crippen molar-refractivity contribution in [1.82, 2.24) is 10.6 Å². The van der Waals surface area contributed by atoms with Crippen LogP contribution in [-0.4, -0.2) is 13.6 Å². The summed E-state index contributed by atoms with van der Waals surface area (Å²) in [5.41, 5.74) is 6.81. The largest absolute Gasteiger partial charge is 0.387 e. The lowest BCUT2D eigenvalue weighted by Gasteiger charge is -2.18. The smallest absolute Gasteiger partial charge is 0.0497 e. The van der Waals surface area contributed by atoms with Crippen molar-refractivity contribution < 1.29 is 0 Å². The Kier molecular flexibility index (Phi) is 7.60. The van der Waals surface area contributed by atoms with E-state index in [9.17, 15) is 0 Å². The molecule has 0 bridgehead atoms. The summed E-state index contributed by atoms with van der Waals surface area (Å²) in [5.74, 6) is 0.590. The normalized spacial score (nSPS) is 15.3. The van der Waals surface area contributed by atoms with E-state index in [4.69, 9.17) is 0 Å². The fourth-order valence-electron chi connectivity index (χ4n) is 2.30. The van der Waals surface area contributed by atoms with Crippen LogP contribution in [-0.2, 0) is 0 Å². The van der Waals surface area contributed by atoms with E-state index in [2.05, 4.69) is 42.5 Å². The summed E-state index contributed by atoms with van der Waals surface area (Å²) in [5, 5.41) is 6.48. The maximum Gasteiger partial charge on any atom is 0.0497 e. The van der Waals surface area contributed by atoms with Crippen molar-refractivity contribution >= 4 is 0 Å². The maximum atomic E-state index is 4.24. The van der Waals surface area contributed by atoms with Crippen LogP contribution in [0.3, 0.4) is 0 Å². The molecule has 2 N–H and O–H groups in total. The van der Waals surface area contributed by atoms with E-state index < -0.39 is 0 Å². The minimum Gasteiger partial charge on any atom is -0.387 e. The third-order valence-electron chi connectivity index (χ3n) is 3.82. The lowest BCUT2D eigenvalue weighted by atomic mass is 9.91. The van der Waals surface area contributed by atoms with E-state index in [1.807, 2.05) is 19.3 Å². The zero-order chi connectivity index (χ0) is 14.8. The summed E-state index contributed by atoms with van der Waals surface area (Å²) in [6.45, 7) is 11.1. The van der Waals surface area contributed by atoms with Gasteiger partial charge in [-0.05, 0) is 55.7 Å². The summed E-state index contributed by atoms with van der Waals surface area (Å²) in [6.07, 6.45) is 11.9. The van der Waals surface area contributed by atoms with Gasteiger partial charge in [-0.2, -0.15) is 0 Å². The van der Waals surface area contributed by atoms with E-state index in [1.54, 1.807) is 0 Å². The van der Waals surface area contributed by atoms with Gasteiger partial charge in [0, 0.05) is 25.5 Å².